The Kier molecular flexibility index (Phi) is 4.52. The van der Waals surface area contributed by atoms with Gasteiger partial charge in [-0.1, -0.05) is 36.4 Å². The first-order valence-corrected chi connectivity index (χ1v) is 7.67. The molecule has 2 aromatic carbocycles. The summed E-state index contributed by atoms with van der Waals surface area (Å²) < 4.78 is 0. The fourth-order valence-corrected chi connectivity index (χ4v) is 2.66. The van der Waals surface area contributed by atoms with E-state index < -0.39 is 0 Å². The van der Waals surface area contributed by atoms with Gasteiger partial charge in [0.25, 0.3) is 11.8 Å². The highest BCUT2D eigenvalue weighted by Gasteiger charge is 2.22. The Morgan fingerprint density at radius 1 is 0.739 bits per heavy atom. The van der Waals surface area contributed by atoms with Gasteiger partial charge in [-0.05, 0) is 30.7 Å². The topological polar surface area (TPSA) is 40.6 Å². The van der Waals surface area contributed by atoms with Gasteiger partial charge in [-0.2, -0.15) is 0 Å². The summed E-state index contributed by atoms with van der Waals surface area (Å²) in [7, 11) is 0. The van der Waals surface area contributed by atoms with Gasteiger partial charge < -0.3 is 4.90 Å². The Hall–Kier alpha value is -2.88. The molecule has 2 aromatic rings. The van der Waals surface area contributed by atoms with Crippen LogP contribution < -0.4 is 4.90 Å². The molecule has 0 atom stereocenters. The van der Waals surface area contributed by atoms with Crippen molar-refractivity contribution in [1.29, 1.82) is 0 Å². The van der Waals surface area contributed by atoms with Crippen molar-refractivity contribution in [3.8, 4) is 0 Å². The summed E-state index contributed by atoms with van der Waals surface area (Å²) in [6.45, 7) is 1.16. The van der Waals surface area contributed by atoms with Crippen molar-refractivity contribution in [1.82, 2.24) is 4.90 Å². The van der Waals surface area contributed by atoms with Crippen LogP contribution in [0.25, 0.3) is 0 Å². The van der Waals surface area contributed by atoms with Crippen molar-refractivity contribution < 1.29 is 9.59 Å². The number of imide groups is 1. The summed E-state index contributed by atoms with van der Waals surface area (Å²) in [6.07, 6.45) is 3.37. The van der Waals surface area contributed by atoms with Crippen LogP contribution in [0, 0.1) is 0 Å². The minimum Gasteiger partial charge on any atom is -0.341 e. The zero-order chi connectivity index (χ0) is 16.1. The van der Waals surface area contributed by atoms with E-state index in [1.54, 1.807) is 0 Å². The predicted octanol–water partition coefficient (Wildman–Crippen LogP) is 3.14. The maximum Gasteiger partial charge on any atom is 0.253 e. The molecule has 0 saturated heterocycles. The normalized spacial score (nSPS) is 13.7. The lowest BCUT2D eigenvalue weighted by atomic mass is 10.2. The molecule has 116 valence electrons. The molecule has 0 saturated carbocycles. The molecule has 0 bridgehead atoms. The highest BCUT2D eigenvalue weighted by atomic mass is 16.2. The van der Waals surface area contributed by atoms with Crippen LogP contribution in [0.1, 0.15) is 6.42 Å². The monoisotopic (exact) mass is 306 g/mol. The predicted molar refractivity (Wildman–Crippen MR) is 90.4 cm³/mol. The van der Waals surface area contributed by atoms with Crippen LogP contribution in [0.2, 0.25) is 0 Å². The van der Waals surface area contributed by atoms with Crippen LogP contribution in [-0.2, 0) is 9.59 Å². The lowest BCUT2D eigenvalue weighted by Crippen LogP contribution is -2.33. The maximum atomic E-state index is 11.6. The number of para-hydroxylation sites is 2. The van der Waals surface area contributed by atoms with E-state index in [1.165, 1.54) is 17.1 Å². The summed E-state index contributed by atoms with van der Waals surface area (Å²) in [4.78, 5) is 26.7. The van der Waals surface area contributed by atoms with Crippen molar-refractivity contribution in [2.75, 3.05) is 18.0 Å². The number of anilines is 2. The fraction of sp³-hybridized carbons (Fsp3) is 0.158. The van der Waals surface area contributed by atoms with Gasteiger partial charge in [0.2, 0.25) is 0 Å². The van der Waals surface area contributed by atoms with E-state index in [0.29, 0.717) is 13.0 Å². The first-order chi connectivity index (χ1) is 11.3. The Morgan fingerprint density at radius 3 is 1.70 bits per heavy atom. The summed E-state index contributed by atoms with van der Waals surface area (Å²) in [5.74, 6) is -0.443. The first kappa shape index (κ1) is 15.0. The van der Waals surface area contributed by atoms with Crippen LogP contribution in [0.4, 0.5) is 11.4 Å². The number of hydrogen-bond donors (Lipinski definition) is 0. The van der Waals surface area contributed by atoms with E-state index in [4.69, 9.17) is 0 Å². The van der Waals surface area contributed by atoms with Gasteiger partial charge in [0.1, 0.15) is 0 Å². The molecule has 1 aliphatic rings. The van der Waals surface area contributed by atoms with Crippen molar-refractivity contribution in [2.45, 2.75) is 6.42 Å². The molecule has 23 heavy (non-hydrogen) atoms. The van der Waals surface area contributed by atoms with Crippen LogP contribution in [-0.4, -0.2) is 29.8 Å². The average molecular weight is 306 g/mol. The Balaban J connectivity index is 1.70. The van der Waals surface area contributed by atoms with Crippen LogP contribution in [0.5, 0.6) is 0 Å². The summed E-state index contributed by atoms with van der Waals surface area (Å²) in [6, 6.07) is 20.2. The molecule has 0 aromatic heterocycles. The average Bonchev–Trinajstić information content (AvgIpc) is 2.92. The molecule has 0 fully saturated rings. The molecule has 3 rings (SSSR count). The first-order valence-electron chi connectivity index (χ1n) is 7.67. The van der Waals surface area contributed by atoms with Gasteiger partial charge in [0.15, 0.2) is 0 Å². The molecule has 0 aliphatic carbocycles. The van der Waals surface area contributed by atoms with Gasteiger partial charge in [-0.25, -0.2) is 0 Å². The zero-order valence-electron chi connectivity index (χ0n) is 12.8. The maximum absolute atomic E-state index is 11.6. The van der Waals surface area contributed by atoms with Crippen LogP contribution in [0.15, 0.2) is 72.8 Å². The molecular weight excluding hydrogens is 288 g/mol. The number of hydrogen-bond acceptors (Lipinski definition) is 3. The smallest absolute Gasteiger partial charge is 0.253 e. The molecule has 0 spiro atoms. The highest BCUT2D eigenvalue weighted by Crippen LogP contribution is 2.25. The number of carbonyl (C=O) groups excluding carboxylic acids is 2. The second-order valence-electron chi connectivity index (χ2n) is 5.34. The van der Waals surface area contributed by atoms with Gasteiger partial charge in [-0.15, -0.1) is 0 Å². The molecule has 2 amide bonds. The van der Waals surface area contributed by atoms with E-state index in [2.05, 4.69) is 29.2 Å². The minimum absolute atomic E-state index is 0.221. The molecule has 0 N–H and O–H groups in total. The van der Waals surface area contributed by atoms with Gasteiger partial charge in [0.05, 0.1) is 0 Å². The van der Waals surface area contributed by atoms with Gasteiger partial charge >= 0.3 is 0 Å². The lowest BCUT2D eigenvalue weighted by molar-refractivity contribution is -0.136. The molecule has 4 nitrogen and oxygen atoms in total. The summed E-state index contributed by atoms with van der Waals surface area (Å²) in [5, 5.41) is 0. The number of rotatable bonds is 6. The molecular formula is C19H18N2O2. The third kappa shape index (κ3) is 3.48. The van der Waals surface area contributed by atoms with E-state index in [0.717, 1.165) is 17.9 Å². The number of nitrogens with zero attached hydrogens (tertiary/aromatic N) is 2. The second kappa shape index (κ2) is 6.92. The van der Waals surface area contributed by atoms with Crippen molar-refractivity contribution in [3.63, 3.8) is 0 Å². The fourth-order valence-electron chi connectivity index (χ4n) is 2.66. The highest BCUT2D eigenvalue weighted by molar-refractivity contribution is 6.12. The SMILES string of the molecule is O=C1C=CC(=O)N1CCCN(c1ccccc1)c1ccccc1. The minimum atomic E-state index is -0.221. The van der Waals surface area contributed by atoms with E-state index >= 15 is 0 Å². The summed E-state index contributed by atoms with van der Waals surface area (Å²) in [5.41, 5.74) is 2.19. The molecule has 1 heterocycles. The third-order valence-corrected chi connectivity index (χ3v) is 3.80. The van der Waals surface area contributed by atoms with Gasteiger partial charge in [-0.3, -0.25) is 14.5 Å². The Morgan fingerprint density at radius 2 is 1.22 bits per heavy atom. The Bertz CT molecular complexity index is 653. The van der Waals surface area contributed by atoms with Crippen molar-refractivity contribution >= 4 is 23.2 Å². The number of amides is 2. The number of benzene rings is 2. The van der Waals surface area contributed by atoms with Crippen LogP contribution >= 0.6 is 0 Å². The number of carbonyl (C=O) groups is 2. The van der Waals surface area contributed by atoms with E-state index in [-0.39, 0.29) is 11.8 Å². The van der Waals surface area contributed by atoms with E-state index in [1.807, 2.05) is 36.4 Å². The molecule has 1 aliphatic heterocycles. The third-order valence-electron chi connectivity index (χ3n) is 3.80. The van der Waals surface area contributed by atoms with Crippen molar-refractivity contribution in [2.24, 2.45) is 0 Å². The standard InChI is InChI=1S/C19H18N2O2/c22-18-12-13-19(23)21(18)15-7-14-20(16-8-3-1-4-9-16)17-10-5-2-6-11-17/h1-6,8-13H,7,14-15H2. The molecule has 0 unspecified atom stereocenters. The summed E-state index contributed by atoms with van der Waals surface area (Å²) >= 11 is 0. The van der Waals surface area contributed by atoms with Crippen molar-refractivity contribution in [3.05, 3.63) is 72.8 Å². The quantitative estimate of drug-likeness (QED) is 0.770. The van der Waals surface area contributed by atoms with Crippen LogP contribution in [0.3, 0.4) is 0 Å². The van der Waals surface area contributed by atoms with E-state index in [9.17, 15) is 9.59 Å². The lowest BCUT2D eigenvalue weighted by Gasteiger charge is -2.26. The molecule has 0 radical (unpaired) electrons. The largest absolute Gasteiger partial charge is 0.341 e. The molecule has 4 heteroatoms. The zero-order valence-corrected chi connectivity index (χ0v) is 12.8. The Labute approximate surface area is 135 Å². The second-order valence-corrected chi connectivity index (χ2v) is 5.34. The van der Waals surface area contributed by atoms with Gasteiger partial charge in [0, 0.05) is 36.6 Å².